The first-order chi connectivity index (χ1) is 15.1. The second-order valence-electron chi connectivity index (χ2n) is 8.71. The molecular formula is C24H41IN6O. The Bertz CT molecular complexity index is 700. The van der Waals surface area contributed by atoms with Gasteiger partial charge in [-0.15, -0.1) is 24.0 Å². The zero-order valence-electron chi connectivity index (χ0n) is 19.9. The van der Waals surface area contributed by atoms with Crippen LogP contribution in [0.15, 0.2) is 35.3 Å². The monoisotopic (exact) mass is 556 g/mol. The van der Waals surface area contributed by atoms with Crippen LogP contribution in [-0.2, 0) is 4.79 Å². The van der Waals surface area contributed by atoms with Gasteiger partial charge in [0.05, 0.1) is 6.54 Å². The van der Waals surface area contributed by atoms with Gasteiger partial charge in [0.25, 0.3) is 0 Å². The number of likely N-dealkylation sites (tertiary alicyclic amines) is 1. The van der Waals surface area contributed by atoms with Gasteiger partial charge in [-0.05, 0) is 44.7 Å². The molecule has 0 bridgehead atoms. The van der Waals surface area contributed by atoms with E-state index in [-0.39, 0.29) is 29.9 Å². The first-order valence-electron chi connectivity index (χ1n) is 11.9. The van der Waals surface area contributed by atoms with Crippen molar-refractivity contribution in [2.45, 2.75) is 39.2 Å². The maximum absolute atomic E-state index is 11.7. The number of aliphatic imine (C=N–C) groups is 1. The molecule has 1 unspecified atom stereocenters. The zero-order valence-corrected chi connectivity index (χ0v) is 22.3. The molecule has 3 rings (SSSR count). The van der Waals surface area contributed by atoms with Crippen LogP contribution in [0.5, 0.6) is 0 Å². The van der Waals surface area contributed by atoms with E-state index in [2.05, 4.69) is 69.5 Å². The van der Waals surface area contributed by atoms with Gasteiger partial charge in [-0.3, -0.25) is 14.7 Å². The third kappa shape index (κ3) is 7.79. The highest BCUT2D eigenvalue weighted by atomic mass is 127. The van der Waals surface area contributed by atoms with Crippen molar-refractivity contribution in [2.75, 3.05) is 64.3 Å². The molecule has 1 aromatic rings. The van der Waals surface area contributed by atoms with E-state index in [1.807, 2.05) is 0 Å². The van der Waals surface area contributed by atoms with Crippen molar-refractivity contribution in [3.8, 4) is 0 Å². The second kappa shape index (κ2) is 13.9. The Morgan fingerprint density at radius 3 is 2.34 bits per heavy atom. The summed E-state index contributed by atoms with van der Waals surface area (Å²) >= 11 is 0. The number of rotatable bonds is 7. The van der Waals surface area contributed by atoms with Crippen LogP contribution in [0.2, 0.25) is 0 Å². The molecule has 180 valence electrons. The van der Waals surface area contributed by atoms with E-state index in [1.54, 1.807) is 7.05 Å². The first kappa shape index (κ1) is 26.7. The average Bonchev–Trinajstić information content (AvgIpc) is 2.82. The van der Waals surface area contributed by atoms with Crippen molar-refractivity contribution < 1.29 is 4.79 Å². The second-order valence-corrected chi connectivity index (χ2v) is 8.71. The number of nitrogens with zero attached hydrogens (tertiary/aromatic N) is 4. The van der Waals surface area contributed by atoms with Crippen molar-refractivity contribution in [2.24, 2.45) is 10.9 Å². The minimum atomic E-state index is 0. The molecule has 1 atom stereocenters. The molecule has 7 nitrogen and oxygen atoms in total. The smallest absolute Gasteiger partial charge is 0.220 e. The molecule has 0 aromatic heterocycles. The highest BCUT2D eigenvalue weighted by Gasteiger charge is 2.24. The van der Waals surface area contributed by atoms with Crippen molar-refractivity contribution in [3.05, 3.63) is 30.3 Å². The molecule has 2 N–H and O–H groups in total. The highest BCUT2D eigenvalue weighted by Crippen LogP contribution is 2.21. The number of hydrogen-bond donors (Lipinski definition) is 2. The number of guanidine groups is 1. The fraction of sp³-hybridized carbons (Fsp3) is 0.667. The summed E-state index contributed by atoms with van der Waals surface area (Å²) in [7, 11) is 1.72. The lowest BCUT2D eigenvalue weighted by Gasteiger charge is -2.39. The molecule has 0 radical (unpaired) electrons. The largest absolute Gasteiger partial charge is 0.369 e. The molecule has 0 spiro atoms. The summed E-state index contributed by atoms with van der Waals surface area (Å²) in [6.07, 6.45) is 2.74. The number of nitrogens with one attached hydrogen (secondary N) is 2. The first-order valence-corrected chi connectivity index (χ1v) is 11.9. The van der Waals surface area contributed by atoms with Gasteiger partial charge in [-0.25, -0.2) is 0 Å². The van der Waals surface area contributed by atoms with Crippen molar-refractivity contribution in [1.29, 1.82) is 0 Å². The molecule has 2 saturated heterocycles. The molecule has 2 aliphatic rings. The van der Waals surface area contributed by atoms with Gasteiger partial charge in [0.2, 0.25) is 5.91 Å². The third-order valence-electron chi connectivity index (χ3n) is 6.57. The van der Waals surface area contributed by atoms with Gasteiger partial charge >= 0.3 is 0 Å². The fourth-order valence-corrected chi connectivity index (χ4v) is 4.53. The van der Waals surface area contributed by atoms with Crippen LogP contribution in [0.25, 0.3) is 0 Å². The molecule has 0 saturated carbocycles. The van der Waals surface area contributed by atoms with Gasteiger partial charge in [0, 0.05) is 71.0 Å². The minimum absolute atomic E-state index is 0. The number of amides is 1. The highest BCUT2D eigenvalue weighted by molar-refractivity contribution is 14.0. The number of anilines is 1. The Balaban J connectivity index is 0.00000363. The van der Waals surface area contributed by atoms with Crippen LogP contribution < -0.4 is 15.5 Å². The fourth-order valence-electron chi connectivity index (χ4n) is 4.53. The number of piperazine rings is 1. The maximum atomic E-state index is 11.7. The van der Waals surface area contributed by atoms with Crippen molar-refractivity contribution in [3.63, 3.8) is 0 Å². The quantitative estimate of drug-likeness (QED) is 0.307. The predicted octanol–water partition coefficient (Wildman–Crippen LogP) is 2.63. The SMILES string of the molecule is CCNC(=NCC(C)N1CCN(c2ccccc2)CC1)N1CCC(CC(=O)NC)CC1.I. The van der Waals surface area contributed by atoms with Crippen molar-refractivity contribution >= 4 is 41.5 Å². The van der Waals surface area contributed by atoms with E-state index >= 15 is 0 Å². The number of carbonyl (C=O) groups is 1. The topological polar surface area (TPSA) is 63.2 Å². The summed E-state index contributed by atoms with van der Waals surface area (Å²) in [5, 5.41) is 6.22. The lowest BCUT2D eigenvalue weighted by molar-refractivity contribution is -0.121. The number of para-hydroxylation sites is 1. The summed E-state index contributed by atoms with van der Waals surface area (Å²) in [5.74, 6) is 1.66. The van der Waals surface area contributed by atoms with Gasteiger partial charge in [0.15, 0.2) is 5.96 Å². The lowest BCUT2D eigenvalue weighted by Crippen LogP contribution is -2.51. The average molecular weight is 557 g/mol. The zero-order chi connectivity index (χ0) is 22.1. The molecule has 0 aliphatic carbocycles. The Morgan fingerprint density at radius 2 is 1.75 bits per heavy atom. The number of benzene rings is 1. The van der Waals surface area contributed by atoms with Gasteiger partial charge in [-0.1, -0.05) is 18.2 Å². The van der Waals surface area contributed by atoms with E-state index < -0.39 is 0 Å². The number of hydrogen-bond acceptors (Lipinski definition) is 4. The molecule has 32 heavy (non-hydrogen) atoms. The molecule has 8 heteroatoms. The molecular weight excluding hydrogens is 515 g/mol. The van der Waals surface area contributed by atoms with Crippen LogP contribution in [0.1, 0.15) is 33.1 Å². The van der Waals surface area contributed by atoms with Crippen molar-refractivity contribution in [1.82, 2.24) is 20.4 Å². The van der Waals surface area contributed by atoms with Crippen LogP contribution in [0.4, 0.5) is 5.69 Å². The number of carbonyl (C=O) groups excluding carboxylic acids is 1. The van der Waals surface area contributed by atoms with E-state index in [4.69, 9.17) is 4.99 Å². The van der Waals surface area contributed by atoms with E-state index in [0.29, 0.717) is 18.4 Å². The standard InChI is InChI=1S/C24H40N6O.HI/c1-4-26-24(30-12-10-21(11-13-30)18-23(31)25-3)27-19-20(2)28-14-16-29(17-15-28)22-8-6-5-7-9-22;/h5-9,20-21H,4,10-19H2,1-3H3,(H,25,31)(H,26,27);1H. The summed E-state index contributed by atoms with van der Waals surface area (Å²) in [5.41, 5.74) is 1.32. The maximum Gasteiger partial charge on any atom is 0.220 e. The van der Waals surface area contributed by atoms with Crippen LogP contribution >= 0.6 is 24.0 Å². The molecule has 1 aromatic carbocycles. The van der Waals surface area contributed by atoms with E-state index in [1.165, 1.54) is 5.69 Å². The summed E-state index contributed by atoms with van der Waals surface area (Å²) in [6, 6.07) is 11.1. The molecule has 2 heterocycles. The Hall–Kier alpha value is -1.55. The molecule has 1 amide bonds. The van der Waals surface area contributed by atoms with Gasteiger partial charge < -0.3 is 20.4 Å². The van der Waals surface area contributed by atoms with Crippen LogP contribution in [0.3, 0.4) is 0 Å². The Morgan fingerprint density at radius 1 is 1.09 bits per heavy atom. The minimum Gasteiger partial charge on any atom is -0.369 e. The Kier molecular flexibility index (Phi) is 11.6. The van der Waals surface area contributed by atoms with Gasteiger partial charge in [0.1, 0.15) is 0 Å². The summed E-state index contributed by atoms with van der Waals surface area (Å²) < 4.78 is 0. The van der Waals surface area contributed by atoms with E-state index in [9.17, 15) is 4.79 Å². The Labute approximate surface area is 211 Å². The number of piperidine rings is 1. The third-order valence-corrected chi connectivity index (χ3v) is 6.57. The molecule has 2 fully saturated rings. The summed E-state index contributed by atoms with van der Waals surface area (Å²) in [4.78, 5) is 24.0. The van der Waals surface area contributed by atoms with Gasteiger partial charge in [-0.2, -0.15) is 0 Å². The summed E-state index contributed by atoms with van der Waals surface area (Å²) in [6.45, 7) is 12.3. The predicted molar refractivity (Wildman–Crippen MR) is 144 cm³/mol. The van der Waals surface area contributed by atoms with Crippen LogP contribution in [-0.4, -0.2) is 87.1 Å². The molecule has 2 aliphatic heterocycles. The van der Waals surface area contributed by atoms with Crippen LogP contribution in [0, 0.1) is 5.92 Å². The lowest BCUT2D eigenvalue weighted by atomic mass is 9.93. The van der Waals surface area contributed by atoms with E-state index in [0.717, 1.165) is 71.2 Å². The normalized spacial score (nSPS) is 19.3. The number of halogens is 1.